The normalized spacial score (nSPS) is 21.5. The van der Waals surface area contributed by atoms with Gasteiger partial charge in [0.2, 0.25) is 0 Å². The highest BCUT2D eigenvalue weighted by Crippen LogP contribution is 2.04. The van der Waals surface area contributed by atoms with Crippen LogP contribution >= 0.6 is 0 Å². The minimum Gasteiger partial charge on any atom is -0.395 e. The van der Waals surface area contributed by atoms with Gasteiger partial charge in [-0.05, 0) is 6.42 Å². The van der Waals surface area contributed by atoms with Crippen LogP contribution in [0.5, 0.6) is 0 Å². The van der Waals surface area contributed by atoms with Crippen LogP contribution in [0.15, 0.2) is 0 Å². The molecular formula is C8H18N2O4S. The second-order valence-corrected chi connectivity index (χ2v) is 5.12. The topological polar surface area (TPSA) is 78.9 Å². The Morgan fingerprint density at radius 1 is 1.47 bits per heavy atom. The molecule has 1 atom stereocenters. The fraction of sp³-hybridized carbons (Fsp3) is 1.00. The zero-order chi connectivity index (χ0) is 11.3. The molecule has 1 heterocycles. The Morgan fingerprint density at radius 2 is 2.07 bits per heavy atom. The van der Waals surface area contributed by atoms with E-state index in [-0.39, 0.29) is 6.61 Å². The summed E-state index contributed by atoms with van der Waals surface area (Å²) >= 11 is 0. The Bertz CT molecular complexity index is 270. The molecule has 1 saturated heterocycles. The van der Waals surface area contributed by atoms with Gasteiger partial charge in [-0.1, -0.05) is 6.92 Å². The van der Waals surface area contributed by atoms with Gasteiger partial charge < -0.3 is 9.84 Å². The van der Waals surface area contributed by atoms with E-state index in [0.29, 0.717) is 32.7 Å². The van der Waals surface area contributed by atoms with Crippen molar-refractivity contribution in [1.82, 2.24) is 9.03 Å². The molecule has 0 aromatic carbocycles. The van der Waals surface area contributed by atoms with Crippen molar-refractivity contribution >= 4 is 10.2 Å². The maximum absolute atomic E-state index is 11.8. The van der Waals surface area contributed by atoms with Crippen LogP contribution in [-0.2, 0) is 14.9 Å². The van der Waals surface area contributed by atoms with E-state index in [4.69, 9.17) is 9.84 Å². The lowest BCUT2D eigenvalue weighted by atomic mass is 10.3. The SMILES string of the molecule is CC[C@H](CO)NS(=O)(=O)N1CCOCC1. The summed E-state index contributed by atoms with van der Waals surface area (Å²) < 4.78 is 32.4. The van der Waals surface area contributed by atoms with Gasteiger partial charge in [-0.3, -0.25) is 0 Å². The van der Waals surface area contributed by atoms with E-state index in [2.05, 4.69) is 4.72 Å². The molecule has 0 bridgehead atoms. The van der Waals surface area contributed by atoms with Crippen molar-refractivity contribution in [2.24, 2.45) is 0 Å². The Kier molecular flexibility index (Phi) is 4.94. The van der Waals surface area contributed by atoms with E-state index in [9.17, 15) is 8.42 Å². The first-order valence-electron chi connectivity index (χ1n) is 5.06. The molecule has 1 fully saturated rings. The van der Waals surface area contributed by atoms with Crippen LogP contribution in [0.4, 0.5) is 0 Å². The summed E-state index contributed by atoms with van der Waals surface area (Å²) in [7, 11) is -3.46. The molecule has 1 aliphatic rings. The zero-order valence-corrected chi connectivity index (χ0v) is 9.66. The van der Waals surface area contributed by atoms with E-state index >= 15 is 0 Å². The smallest absolute Gasteiger partial charge is 0.279 e. The number of aliphatic hydroxyl groups excluding tert-OH is 1. The molecule has 90 valence electrons. The van der Waals surface area contributed by atoms with E-state index in [1.807, 2.05) is 6.92 Å². The summed E-state index contributed by atoms with van der Waals surface area (Å²) in [5, 5.41) is 8.92. The van der Waals surface area contributed by atoms with Gasteiger partial charge in [-0.25, -0.2) is 0 Å². The highest BCUT2D eigenvalue weighted by Gasteiger charge is 2.25. The van der Waals surface area contributed by atoms with Crippen LogP contribution in [0.1, 0.15) is 13.3 Å². The lowest BCUT2D eigenvalue weighted by molar-refractivity contribution is 0.0721. The molecule has 0 aromatic heterocycles. The minimum absolute atomic E-state index is 0.180. The van der Waals surface area contributed by atoms with Crippen LogP contribution in [0.2, 0.25) is 0 Å². The van der Waals surface area contributed by atoms with Gasteiger partial charge in [0.15, 0.2) is 0 Å². The van der Waals surface area contributed by atoms with Gasteiger partial charge in [0.05, 0.1) is 19.8 Å². The predicted molar refractivity (Wildman–Crippen MR) is 55.6 cm³/mol. The maximum Gasteiger partial charge on any atom is 0.279 e. The molecule has 1 aliphatic heterocycles. The van der Waals surface area contributed by atoms with Gasteiger partial charge in [0.1, 0.15) is 0 Å². The van der Waals surface area contributed by atoms with Gasteiger partial charge in [0, 0.05) is 19.1 Å². The van der Waals surface area contributed by atoms with Crippen LogP contribution in [0.3, 0.4) is 0 Å². The number of nitrogens with zero attached hydrogens (tertiary/aromatic N) is 1. The van der Waals surface area contributed by atoms with Crippen molar-refractivity contribution < 1.29 is 18.3 Å². The van der Waals surface area contributed by atoms with E-state index in [0.717, 1.165) is 0 Å². The molecule has 2 N–H and O–H groups in total. The number of hydrogen-bond donors (Lipinski definition) is 2. The molecule has 0 radical (unpaired) electrons. The van der Waals surface area contributed by atoms with Crippen molar-refractivity contribution in [2.45, 2.75) is 19.4 Å². The minimum atomic E-state index is -3.46. The van der Waals surface area contributed by atoms with Gasteiger partial charge >= 0.3 is 0 Å². The Labute approximate surface area is 90.4 Å². The molecule has 0 unspecified atom stereocenters. The predicted octanol–water partition coefficient (Wildman–Crippen LogP) is -1.08. The standard InChI is InChI=1S/C8H18N2O4S/c1-2-8(7-11)9-15(12,13)10-3-5-14-6-4-10/h8-9,11H,2-7H2,1H3/t8-/m1/s1. The van der Waals surface area contributed by atoms with E-state index < -0.39 is 16.3 Å². The van der Waals surface area contributed by atoms with Crippen molar-refractivity contribution in [1.29, 1.82) is 0 Å². The molecule has 1 rings (SSSR count). The summed E-state index contributed by atoms with van der Waals surface area (Å²) in [6.07, 6.45) is 0.570. The third kappa shape index (κ3) is 3.69. The van der Waals surface area contributed by atoms with Gasteiger partial charge in [-0.15, -0.1) is 0 Å². The highest BCUT2D eigenvalue weighted by atomic mass is 32.2. The number of nitrogens with one attached hydrogen (secondary N) is 1. The Balaban J connectivity index is 2.56. The van der Waals surface area contributed by atoms with Crippen molar-refractivity contribution in [3.8, 4) is 0 Å². The molecule has 0 amide bonds. The monoisotopic (exact) mass is 238 g/mol. The Hall–Kier alpha value is -0.210. The molecular weight excluding hydrogens is 220 g/mol. The lowest BCUT2D eigenvalue weighted by Gasteiger charge is -2.27. The maximum atomic E-state index is 11.8. The average Bonchev–Trinajstić information content (AvgIpc) is 2.27. The van der Waals surface area contributed by atoms with Crippen molar-refractivity contribution in [3.05, 3.63) is 0 Å². The number of morpholine rings is 1. The highest BCUT2D eigenvalue weighted by molar-refractivity contribution is 7.87. The summed E-state index contributed by atoms with van der Waals surface area (Å²) in [6, 6.07) is -0.405. The average molecular weight is 238 g/mol. The zero-order valence-electron chi connectivity index (χ0n) is 8.85. The fourth-order valence-electron chi connectivity index (χ4n) is 1.32. The fourth-order valence-corrected chi connectivity index (χ4v) is 2.76. The second-order valence-electron chi connectivity index (χ2n) is 3.42. The van der Waals surface area contributed by atoms with E-state index in [1.54, 1.807) is 0 Å². The third-order valence-electron chi connectivity index (χ3n) is 2.34. The van der Waals surface area contributed by atoms with Crippen LogP contribution in [-0.4, -0.2) is 56.8 Å². The summed E-state index contributed by atoms with van der Waals surface area (Å²) in [5.41, 5.74) is 0. The molecule has 15 heavy (non-hydrogen) atoms. The molecule has 0 aliphatic carbocycles. The third-order valence-corrected chi connectivity index (χ3v) is 4.01. The Morgan fingerprint density at radius 3 is 2.53 bits per heavy atom. The first-order chi connectivity index (χ1) is 7.10. The molecule has 0 saturated carbocycles. The summed E-state index contributed by atoms with van der Waals surface area (Å²) in [5.74, 6) is 0. The van der Waals surface area contributed by atoms with Crippen molar-refractivity contribution in [3.63, 3.8) is 0 Å². The van der Waals surface area contributed by atoms with Crippen molar-refractivity contribution in [2.75, 3.05) is 32.9 Å². The number of rotatable bonds is 5. The van der Waals surface area contributed by atoms with E-state index in [1.165, 1.54) is 4.31 Å². The van der Waals surface area contributed by atoms with Crippen LogP contribution in [0.25, 0.3) is 0 Å². The number of hydrogen-bond acceptors (Lipinski definition) is 4. The lowest BCUT2D eigenvalue weighted by Crippen LogP contribution is -2.50. The quantitative estimate of drug-likeness (QED) is 0.639. The molecule has 0 aromatic rings. The number of ether oxygens (including phenoxy) is 1. The summed E-state index contributed by atoms with van der Waals surface area (Å²) in [4.78, 5) is 0. The van der Waals surface area contributed by atoms with Gasteiger partial charge in [-0.2, -0.15) is 17.4 Å². The molecule has 0 spiro atoms. The largest absolute Gasteiger partial charge is 0.395 e. The van der Waals surface area contributed by atoms with Crippen LogP contribution < -0.4 is 4.72 Å². The number of aliphatic hydroxyl groups is 1. The van der Waals surface area contributed by atoms with Gasteiger partial charge in [0.25, 0.3) is 10.2 Å². The van der Waals surface area contributed by atoms with Crippen LogP contribution in [0, 0.1) is 0 Å². The summed E-state index contributed by atoms with van der Waals surface area (Å²) in [6.45, 7) is 3.24. The molecule has 6 nitrogen and oxygen atoms in total. The second kappa shape index (κ2) is 5.76. The first kappa shape index (κ1) is 12.9. The first-order valence-corrected chi connectivity index (χ1v) is 6.50. The molecule has 7 heteroatoms.